The van der Waals surface area contributed by atoms with Crippen molar-refractivity contribution < 1.29 is 9.90 Å². The molecule has 1 unspecified atom stereocenters. The predicted octanol–water partition coefficient (Wildman–Crippen LogP) is 0.980. The number of nitrogens with zero attached hydrogens (tertiary/aromatic N) is 4. The number of aromatic carboxylic acids is 1. The van der Waals surface area contributed by atoms with Crippen molar-refractivity contribution >= 4 is 17.0 Å². The second-order valence-electron chi connectivity index (χ2n) is 5.77. The fourth-order valence-electron chi connectivity index (χ4n) is 2.93. The lowest BCUT2D eigenvalue weighted by Crippen LogP contribution is -2.51. The molecule has 1 aromatic heterocycles. The summed E-state index contributed by atoms with van der Waals surface area (Å²) in [4.78, 5) is 20.2. The van der Waals surface area contributed by atoms with Crippen molar-refractivity contribution in [2.75, 3.05) is 33.7 Å². The first-order chi connectivity index (χ1) is 10.1. The molecular weight excluding hydrogens is 268 g/mol. The molecule has 0 amide bonds. The lowest BCUT2D eigenvalue weighted by atomic mass is 10.1. The van der Waals surface area contributed by atoms with Crippen LogP contribution in [-0.4, -0.2) is 70.2 Å². The van der Waals surface area contributed by atoms with Crippen LogP contribution in [0.3, 0.4) is 0 Å². The summed E-state index contributed by atoms with van der Waals surface area (Å²) in [7, 11) is 4.27. The summed E-state index contributed by atoms with van der Waals surface area (Å²) in [6, 6.07) is 5.72. The zero-order chi connectivity index (χ0) is 15.0. The van der Waals surface area contributed by atoms with Gasteiger partial charge in [-0.2, -0.15) is 0 Å². The maximum absolute atomic E-state index is 11.2. The first kappa shape index (κ1) is 14.0. The number of imidazole rings is 1. The van der Waals surface area contributed by atoms with Crippen molar-refractivity contribution in [3.63, 3.8) is 0 Å². The summed E-state index contributed by atoms with van der Waals surface area (Å²) < 4.78 is 2.06. The molecule has 1 aromatic carbocycles. The maximum Gasteiger partial charge on any atom is 0.337 e. The Kier molecular flexibility index (Phi) is 3.65. The monoisotopic (exact) mass is 288 g/mol. The fraction of sp³-hybridized carbons (Fsp3) is 0.467. The number of fused-ring (bicyclic) bond motifs is 1. The van der Waals surface area contributed by atoms with Gasteiger partial charge in [0.1, 0.15) is 5.52 Å². The number of aromatic nitrogens is 2. The first-order valence-corrected chi connectivity index (χ1v) is 7.12. The van der Waals surface area contributed by atoms with E-state index < -0.39 is 5.97 Å². The van der Waals surface area contributed by atoms with Crippen LogP contribution in [0.4, 0.5) is 0 Å². The number of rotatable bonds is 3. The molecule has 0 radical (unpaired) electrons. The molecule has 0 spiro atoms. The Morgan fingerprint density at radius 1 is 1.38 bits per heavy atom. The molecule has 21 heavy (non-hydrogen) atoms. The average molecular weight is 288 g/mol. The third kappa shape index (κ3) is 2.64. The SMILES string of the molecule is CN1CCN(C)C(Cn2cnc3c(C(=O)O)cccc32)C1. The van der Waals surface area contributed by atoms with Crippen LogP contribution in [0.1, 0.15) is 10.4 Å². The number of para-hydroxylation sites is 1. The molecule has 0 saturated carbocycles. The van der Waals surface area contributed by atoms with E-state index in [1.807, 2.05) is 6.07 Å². The molecule has 6 nitrogen and oxygen atoms in total. The third-order valence-corrected chi connectivity index (χ3v) is 4.27. The molecule has 1 aliphatic heterocycles. The standard InChI is InChI=1S/C15H20N4O2/c1-17-6-7-18(2)11(8-17)9-19-10-16-14-12(15(20)21)4-3-5-13(14)19/h3-5,10-11H,6-9H2,1-2H3,(H,20,21). The van der Waals surface area contributed by atoms with Gasteiger partial charge in [0, 0.05) is 32.2 Å². The number of benzene rings is 1. The van der Waals surface area contributed by atoms with Gasteiger partial charge in [0.05, 0.1) is 17.4 Å². The molecule has 2 heterocycles. The van der Waals surface area contributed by atoms with Gasteiger partial charge in [0.2, 0.25) is 0 Å². The van der Waals surface area contributed by atoms with Gasteiger partial charge in [-0.25, -0.2) is 9.78 Å². The van der Waals surface area contributed by atoms with Crippen molar-refractivity contribution in [1.82, 2.24) is 19.4 Å². The van der Waals surface area contributed by atoms with E-state index in [4.69, 9.17) is 0 Å². The molecule has 3 rings (SSSR count). The minimum absolute atomic E-state index is 0.264. The fourth-order valence-corrected chi connectivity index (χ4v) is 2.93. The van der Waals surface area contributed by atoms with E-state index in [-0.39, 0.29) is 5.56 Å². The quantitative estimate of drug-likeness (QED) is 0.912. The van der Waals surface area contributed by atoms with Crippen LogP contribution >= 0.6 is 0 Å². The molecule has 0 bridgehead atoms. The normalized spacial score (nSPS) is 21.0. The van der Waals surface area contributed by atoms with Crippen LogP contribution < -0.4 is 0 Å². The minimum Gasteiger partial charge on any atom is -0.478 e. The Hall–Kier alpha value is -1.92. The molecular formula is C15H20N4O2. The zero-order valence-electron chi connectivity index (χ0n) is 12.4. The largest absolute Gasteiger partial charge is 0.478 e. The highest BCUT2D eigenvalue weighted by Crippen LogP contribution is 2.19. The lowest BCUT2D eigenvalue weighted by molar-refractivity contribution is 0.0699. The highest BCUT2D eigenvalue weighted by atomic mass is 16.4. The van der Waals surface area contributed by atoms with E-state index >= 15 is 0 Å². The molecule has 112 valence electrons. The molecule has 1 fully saturated rings. The summed E-state index contributed by atoms with van der Waals surface area (Å²) in [5, 5.41) is 9.23. The number of carbonyl (C=O) groups is 1. The van der Waals surface area contributed by atoms with E-state index in [0.29, 0.717) is 11.6 Å². The second kappa shape index (κ2) is 5.46. The zero-order valence-corrected chi connectivity index (χ0v) is 12.4. The summed E-state index contributed by atoms with van der Waals surface area (Å²) in [6.45, 7) is 3.96. The highest BCUT2D eigenvalue weighted by Gasteiger charge is 2.23. The lowest BCUT2D eigenvalue weighted by Gasteiger charge is -2.37. The van der Waals surface area contributed by atoms with Crippen molar-refractivity contribution in [3.05, 3.63) is 30.1 Å². The molecule has 6 heteroatoms. The molecule has 0 aliphatic carbocycles. The van der Waals surface area contributed by atoms with Crippen molar-refractivity contribution in [2.45, 2.75) is 12.6 Å². The van der Waals surface area contributed by atoms with Gasteiger partial charge in [-0.3, -0.25) is 4.90 Å². The van der Waals surface area contributed by atoms with Crippen LogP contribution in [0.2, 0.25) is 0 Å². The Morgan fingerprint density at radius 2 is 2.19 bits per heavy atom. The van der Waals surface area contributed by atoms with Gasteiger partial charge < -0.3 is 14.6 Å². The van der Waals surface area contributed by atoms with Gasteiger partial charge >= 0.3 is 5.97 Å². The average Bonchev–Trinajstić information content (AvgIpc) is 2.86. The Balaban J connectivity index is 1.91. The van der Waals surface area contributed by atoms with Crippen molar-refractivity contribution in [3.8, 4) is 0 Å². The Morgan fingerprint density at radius 3 is 2.95 bits per heavy atom. The van der Waals surface area contributed by atoms with Crippen LogP contribution in [-0.2, 0) is 6.54 Å². The topological polar surface area (TPSA) is 61.6 Å². The molecule has 1 atom stereocenters. The molecule has 1 saturated heterocycles. The summed E-state index contributed by atoms with van der Waals surface area (Å²) in [5.41, 5.74) is 1.72. The van der Waals surface area contributed by atoms with Gasteiger partial charge in [-0.05, 0) is 26.2 Å². The number of piperazine rings is 1. The third-order valence-electron chi connectivity index (χ3n) is 4.27. The maximum atomic E-state index is 11.2. The number of hydrogen-bond donors (Lipinski definition) is 1. The molecule has 1 aliphatic rings. The van der Waals surface area contributed by atoms with E-state index in [9.17, 15) is 9.90 Å². The van der Waals surface area contributed by atoms with Crippen molar-refractivity contribution in [1.29, 1.82) is 0 Å². The molecule has 2 aromatic rings. The summed E-state index contributed by atoms with van der Waals surface area (Å²) in [6.07, 6.45) is 1.75. The Bertz CT molecular complexity index is 667. The van der Waals surface area contributed by atoms with Gasteiger partial charge in [0.15, 0.2) is 0 Å². The minimum atomic E-state index is -0.930. The number of carboxylic acid groups (broad SMARTS) is 1. The van der Waals surface area contributed by atoms with E-state index in [1.54, 1.807) is 18.5 Å². The van der Waals surface area contributed by atoms with E-state index in [2.05, 4.69) is 33.4 Å². The van der Waals surface area contributed by atoms with Gasteiger partial charge in [0.25, 0.3) is 0 Å². The van der Waals surface area contributed by atoms with Gasteiger partial charge in [-0.1, -0.05) is 6.07 Å². The predicted molar refractivity (Wildman–Crippen MR) is 80.6 cm³/mol. The first-order valence-electron chi connectivity index (χ1n) is 7.12. The van der Waals surface area contributed by atoms with E-state index in [0.717, 1.165) is 31.7 Å². The smallest absolute Gasteiger partial charge is 0.337 e. The van der Waals surface area contributed by atoms with Crippen LogP contribution in [0.15, 0.2) is 24.5 Å². The van der Waals surface area contributed by atoms with Gasteiger partial charge in [-0.15, -0.1) is 0 Å². The highest BCUT2D eigenvalue weighted by molar-refractivity contribution is 6.00. The number of hydrogen-bond acceptors (Lipinski definition) is 4. The van der Waals surface area contributed by atoms with Crippen molar-refractivity contribution in [2.24, 2.45) is 0 Å². The van der Waals surface area contributed by atoms with Crippen LogP contribution in [0.5, 0.6) is 0 Å². The summed E-state index contributed by atoms with van der Waals surface area (Å²) in [5.74, 6) is -0.930. The number of likely N-dealkylation sites (N-methyl/N-ethyl adjacent to an activating group) is 2. The van der Waals surface area contributed by atoms with Crippen LogP contribution in [0, 0.1) is 0 Å². The van der Waals surface area contributed by atoms with Crippen LogP contribution in [0.25, 0.3) is 11.0 Å². The summed E-state index contributed by atoms with van der Waals surface area (Å²) >= 11 is 0. The molecule has 1 N–H and O–H groups in total. The van der Waals surface area contributed by atoms with E-state index in [1.165, 1.54) is 0 Å². The Labute approximate surface area is 123 Å². The second-order valence-corrected chi connectivity index (χ2v) is 5.77. The number of carboxylic acids is 1.